The molecule has 0 radical (unpaired) electrons. The molecule has 0 saturated carbocycles. The molecule has 2 aromatic rings. The molecule has 0 saturated heterocycles. The van der Waals surface area contributed by atoms with Crippen molar-refractivity contribution in [3.8, 4) is 5.75 Å². The van der Waals surface area contributed by atoms with E-state index < -0.39 is 0 Å². The van der Waals surface area contributed by atoms with Gasteiger partial charge in [-0.1, -0.05) is 13.0 Å². The number of hydrogen-bond donors (Lipinski definition) is 1. The van der Waals surface area contributed by atoms with Crippen molar-refractivity contribution >= 4 is 23.0 Å². The highest BCUT2D eigenvalue weighted by atomic mass is 32.1. The highest BCUT2D eigenvalue weighted by Crippen LogP contribution is 2.25. The second-order valence-corrected chi connectivity index (χ2v) is 6.40. The summed E-state index contributed by atoms with van der Waals surface area (Å²) in [7, 11) is 0. The van der Waals surface area contributed by atoms with Gasteiger partial charge < -0.3 is 9.72 Å². The van der Waals surface area contributed by atoms with E-state index >= 15 is 0 Å². The lowest BCUT2D eigenvalue weighted by atomic mass is 10.0. The number of thiazole rings is 1. The molecule has 0 unspecified atom stereocenters. The van der Waals surface area contributed by atoms with E-state index in [9.17, 15) is 4.79 Å². The molecule has 1 aromatic heterocycles. The molecule has 1 N–H and O–H groups in total. The maximum atomic E-state index is 12.0. The van der Waals surface area contributed by atoms with Gasteiger partial charge in [0.25, 0.3) is 5.56 Å². The average Bonchev–Trinajstić information content (AvgIpc) is 2.87. The molecule has 1 aromatic carbocycles. The van der Waals surface area contributed by atoms with Crippen molar-refractivity contribution in [3.63, 3.8) is 0 Å². The number of benzene rings is 1. The summed E-state index contributed by atoms with van der Waals surface area (Å²) in [6, 6.07) is 6.15. The second-order valence-electron chi connectivity index (χ2n) is 5.35. The van der Waals surface area contributed by atoms with Crippen LogP contribution in [0.15, 0.2) is 23.0 Å². The van der Waals surface area contributed by atoms with Crippen LogP contribution in [0, 0.1) is 0 Å². The summed E-state index contributed by atoms with van der Waals surface area (Å²) in [6.45, 7) is 4.96. The van der Waals surface area contributed by atoms with E-state index in [1.165, 1.54) is 22.5 Å². The molecular formula is C17H19NO2S. The summed E-state index contributed by atoms with van der Waals surface area (Å²) in [5, 5.41) is 0. The minimum absolute atomic E-state index is 0.00299. The third-order valence-electron chi connectivity index (χ3n) is 3.81. The summed E-state index contributed by atoms with van der Waals surface area (Å²) in [5.41, 5.74) is 3.51. The summed E-state index contributed by atoms with van der Waals surface area (Å²) < 4.78 is 7.36. The zero-order chi connectivity index (χ0) is 14.8. The Balaban J connectivity index is 2.07. The number of H-pyrrole nitrogens is 1. The fourth-order valence-corrected chi connectivity index (χ4v) is 3.44. The van der Waals surface area contributed by atoms with Crippen molar-refractivity contribution in [1.29, 1.82) is 0 Å². The van der Waals surface area contributed by atoms with E-state index in [0.717, 1.165) is 46.4 Å². The third-order valence-corrected chi connectivity index (χ3v) is 4.99. The third kappa shape index (κ3) is 2.95. The molecule has 0 fully saturated rings. The molecule has 0 spiro atoms. The van der Waals surface area contributed by atoms with Crippen LogP contribution < -0.4 is 19.5 Å². The van der Waals surface area contributed by atoms with Gasteiger partial charge in [-0.3, -0.25) is 4.79 Å². The quantitative estimate of drug-likeness (QED) is 0.924. The number of aromatic nitrogens is 1. The Morgan fingerprint density at radius 2 is 2.33 bits per heavy atom. The molecule has 0 bridgehead atoms. The molecule has 2 heterocycles. The van der Waals surface area contributed by atoms with Crippen LogP contribution in [0.5, 0.6) is 5.75 Å². The van der Waals surface area contributed by atoms with Gasteiger partial charge in [0.05, 0.1) is 15.8 Å². The van der Waals surface area contributed by atoms with Gasteiger partial charge in [0.1, 0.15) is 5.75 Å². The first-order chi connectivity index (χ1) is 10.2. The van der Waals surface area contributed by atoms with Crippen LogP contribution in [0.3, 0.4) is 0 Å². The van der Waals surface area contributed by atoms with E-state index in [1.54, 1.807) is 0 Å². The van der Waals surface area contributed by atoms with Gasteiger partial charge in [0, 0.05) is 0 Å². The van der Waals surface area contributed by atoms with Crippen LogP contribution >= 0.6 is 11.3 Å². The summed E-state index contributed by atoms with van der Waals surface area (Å²) in [5.74, 6) is 0.981. The lowest BCUT2D eigenvalue weighted by Crippen LogP contribution is -2.20. The van der Waals surface area contributed by atoms with Gasteiger partial charge in [-0.05, 0) is 61.1 Å². The SMILES string of the molecule is CC/C(C)=c1\[nH]c(=O)/c(=C/c2ccc3c(c2)CCCO3)s1. The van der Waals surface area contributed by atoms with Crippen LogP contribution in [-0.2, 0) is 6.42 Å². The minimum atomic E-state index is -0.00299. The number of fused-ring (bicyclic) bond motifs is 1. The first-order valence-corrected chi connectivity index (χ1v) is 8.15. The molecule has 3 nitrogen and oxygen atoms in total. The van der Waals surface area contributed by atoms with Crippen LogP contribution in [0.25, 0.3) is 11.6 Å². The Morgan fingerprint density at radius 3 is 3.14 bits per heavy atom. The number of nitrogens with one attached hydrogen (secondary N) is 1. The monoisotopic (exact) mass is 301 g/mol. The van der Waals surface area contributed by atoms with Crippen molar-refractivity contribution in [2.75, 3.05) is 6.61 Å². The highest BCUT2D eigenvalue weighted by Gasteiger charge is 2.09. The molecule has 0 amide bonds. The van der Waals surface area contributed by atoms with Gasteiger partial charge in [0.2, 0.25) is 0 Å². The summed E-state index contributed by atoms with van der Waals surface area (Å²) in [6.07, 6.45) is 5.02. The predicted molar refractivity (Wildman–Crippen MR) is 87.4 cm³/mol. The molecule has 0 aliphatic carbocycles. The van der Waals surface area contributed by atoms with E-state index in [1.807, 2.05) is 18.2 Å². The molecule has 110 valence electrons. The van der Waals surface area contributed by atoms with Crippen LogP contribution in [0.1, 0.15) is 37.8 Å². The average molecular weight is 301 g/mol. The smallest absolute Gasteiger partial charge is 0.266 e. The Kier molecular flexibility index (Phi) is 3.97. The highest BCUT2D eigenvalue weighted by molar-refractivity contribution is 7.07. The maximum Gasteiger partial charge on any atom is 0.266 e. The molecule has 0 atom stereocenters. The first-order valence-electron chi connectivity index (χ1n) is 7.33. The Bertz CT molecular complexity index is 829. The Morgan fingerprint density at radius 1 is 1.48 bits per heavy atom. The topological polar surface area (TPSA) is 42.1 Å². The Hall–Kier alpha value is -1.81. The van der Waals surface area contributed by atoms with E-state index in [4.69, 9.17) is 4.74 Å². The van der Waals surface area contributed by atoms with Gasteiger partial charge in [0.15, 0.2) is 0 Å². The zero-order valence-electron chi connectivity index (χ0n) is 12.4. The standard InChI is InChI=1S/C17H19NO2S/c1-3-11(2)17-18-16(19)15(21-17)10-12-6-7-14-13(9-12)5-4-8-20-14/h6-7,9-10H,3-5,8H2,1-2H3,(H,18,19)/b15-10-,17-11+. The lowest BCUT2D eigenvalue weighted by Gasteiger charge is -2.17. The van der Waals surface area contributed by atoms with Gasteiger partial charge in [-0.15, -0.1) is 11.3 Å². The van der Waals surface area contributed by atoms with Crippen LogP contribution in [-0.4, -0.2) is 11.6 Å². The van der Waals surface area contributed by atoms with Gasteiger partial charge in [-0.2, -0.15) is 0 Å². The molecule has 1 aliphatic rings. The van der Waals surface area contributed by atoms with Crippen molar-refractivity contribution in [1.82, 2.24) is 4.98 Å². The second kappa shape index (κ2) is 5.90. The van der Waals surface area contributed by atoms with Crippen LogP contribution in [0.4, 0.5) is 0 Å². The summed E-state index contributed by atoms with van der Waals surface area (Å²) in [4.78, 5) is 15.0. The zero-order valence-corrected chi connectivity index (χ0v) is 13.2. The van der Waals surface area contributed by atoms with E-state index in [-0.39, 0.29) is 5.56 Å². The number of aromatic amines is 1. The van der Waals surface area contributed by atoms with Gasteiger partial charge in [-0.25, -0.2) is 0 Å². The normalized spacial score (nSPS) is 16.4. The fraction of sp³-hybridized carbons (Fsp3) is 0.353. The summed E-state index contributed by atoms with van der Waals surface area (Å²) >= 11 is 1.53. The van der Waals surface area contributed by atoms with Crippen LogP contribution in [0.2, 0.25) is 0 Å². The molecular weight excluding hydrogens is 282 g/mol. The predicted octanol–water partition coefficient (Wildman–Crippen LogP) is 2.17. The number of hydrogen-bond acceptors (Lipinski definition) is 3. The number of ether oxygens (including phenoxy) is 1. The van der Waals surface area contributed by atoms with Crippen molar-refractivity contribution < 1.29 is 4.74 Å². The largest absolute Gasteiger partial charge is 0.493 e. The first kappa shape index (κ1) is 14.1. The number of rotatable bonds is 2. The van der Waals surface area contributed by atoms with Crippen molar-refractivity contribution in [2.24, 2.45) is 0 Å². The molecule has 1 aliphatic heterocycles. The minimum Gasteiger partial charge on any atom is -0.493 e. The molecule has 21 heavy (non-hydrogen) atoms. The van der Waals surface area contributed by atoms with E-state index in [0.29, 0.717) is 0 Å². The lowest BCUT2D eigenvalue weighted by molar-refractivity contribution is 0.288. The number of aryl methyl sites for hydroxylation is 1. The van der Waals surface area contributed by atoms with Crippen molar-refractivity contribution in [3.05, 3.63) is 48.9 Å². The molecule has 4 heteroatoms. The van der Waals surface area contributed by atoms with Crippen molar-refractivity contribution in [2.45, 2.75) is 33.1 Å². The Labute approximate surface area is 127 Å². The maximum absolute atomic E-state index is 12.0. The van der Waals surface area contributed by atoms with Gasteiger partial charge >= 0.3 is 0 Å². The fourth-order valence-electron chi connectivity index (χ4n) is 2.42. The van der Waals surface area contributed by atoms with E-state index in [2.05, 4.69) is 24.9 Å². The molecule has 3 rings (SSSR count).